The van der Waals surface area contributed by atoms with Gasteiger partial charge >= 0.3 is 0 Å². The average molecular weight is 652 g/mol. The lowest BCUT2D eigenvalue weighted by Crippen LogP contribution is -3.00. The van der Waals surface area contributed by atoms with Crippen LogP contribution in [0.3, 0.4) is 0 Å². The molecule has 0 bridgehead atoms. The van der Waals surface area contributed by atoms with Gasteiger partial charge < -0.3 is 59.4 Å². The normalized spacial score (nSPS) is 14.2. The first kappa shape index (κ1) is 25.0. The van der Waals surface area contributed by atoms with Crippen LogP contribution in [0.15, 0.2) is 48.5 Å². The van der Waals surface area contributed by atoms with E-state index in [-0.39, 0.29) is 48.0 Å². The number of benzene rings is 2. The fraction of sp³-hybridized carbons (Fsp3) is 0.308. The number of hydrogen-bond donors (Lipinski definition) is 2. The van der Waals surface area contributed by atoms with Gasteiger partial charge in [0.1, 0.15) is 0 Å². The summed E-state index contributed by atoms with van der Waals surface area (Å²) >= 11 is 0. The smallest absolute Gasteiger partial charge is 0.213 e. The van der Waals surface area contributed by atoms with Crippen molar-refractivity contribution < 1.29 is 57.9 Å². The molecular weight excluding hydrogens is 622 g/mol. The van der Waals surface area contributed by atoms with Gasteiger partial charge in [0.25, 0.3) is 0 Å². The largest absolute Gasteiger partial charge is 1.00 e. The molecule has 2 aliphatic carbocycles. The summed E-state index contributed by atoms with van der Waals surface area (Å²) in [7, 11) is 0. The summed E-state index contributed by atoms with van der Waals surface area (Å²) in [5.41, 5.74) is 22.1. The van der Waals surface area contributed by atoms with Gasteiger partial charge in [0.05, 0.1) is 22.1 Å². The Bertz CT molecular complexity index is 1140. The molecule has 0 radical (unpaired) electrons. The van der Waals surface area contributed by atoms with Crippen LogP contribution < -0.4 is 69.4 Å². The monoisotopic (exact) mass is 652 g/mol. The summed E-state index contributed by atoms with van der Waals surface area (Å²) in [6.45, 7) is 0. The maximum atomic E-state index is 6.22. The molecule has 0 fully saturated rings. The molecule has 4 aromatic rings. The van der Waals surface area contributed by atoms with Crippen molar-refractivity contribution in [3.8, 4) is 0 Å². The Morgan fingerprint density at radius 2 is 0.906 bits per heavy atom. The zero-order chi connectivity index (χ0) is 20.5. The summed E-state index contributed by atoms with van der Waals surface area (Å²) < 4.78 is 0. The van der Waals surface area contributed by atoms with Gasteiger partial charge in [-0.05, 0) is 50.7 Å². The molecule has 32 heavy (non-hydrogen) atoms. The topological polar surface area (TPSA) is 80.3 Å². The van der Waals surface area contributed by atoms with Crippen LogP contribution in [0.2, 0.25) is 0 Å². The minimum atomic E-state index is 0. The lowest BCUT2D eigenvalue weighted by molar-refractivity contribution is -0.359. The van der Waals surface area contributed by atoms with Crippen molar-refractivity contribution in [3.05, 3.63) is 71.0 Å². The van der Waals surface area contributed by atoms with Gasteiger partial charge in [0.2, 0.25) is 11.0 Å². The average Bonchev–Trinajstić information content (AvgIpc) is 2.80. The Hall–Kier alpha value is -1.68. The third-order valence-corrected chi connectivity index (χ3v) is 6.59. The van der Waals surface area contributed by atoms with Crippen LogP contribution in [0.25, 0.3) is 21.8 Å². The van der Waals surface area contributed by atoms with Crippen molar-refractivity contribution in [2.75, 3.05) is 11.5 Å². The lowest BCUT2D eigenvalue weighted by atomic mass is 9.93. The van der Waals surface area contributed by atoms with E-state index in [4.69, 9.17) is 11.5 Å². The van der Waals surface area contributed by atoms with E-state index in [0.717, 1.165) is 58.9 Å². The second-order valence-electron chi connectivity index (χ2n) is 8.50. The molecule has 0 unspecified atom stereocenters. The van der Waals surface area contributed by atoms with E-state index in [9.17, 15) is 0 Å². The number of anilines is 2. The number of hydrogen-bond acceptors (Lipinski definition) is 2. The molecule has 0 atom stereocenters. The Labute approximate surface area is 223 Å². The zero-order valence-corrected chi connectivity index (χ0v) is 22.5. The van der Waals surface area contributed by atoms with Crippen LogP contribution >= 0.6 is 0 Å². The fourth-order valence-electron chi connectivity index (χ4n) is 4.99. The number of para-hydroxylation sites is 2. The molecule has 6 N–H and O–H groups in total. The number of nitrogens with one attached hydrogen (secondary N) is 2. The number of aromatic nitrogens is 2. The van der Waals surface area contributed by atoms with Crippen molar-refractivity contribution in [3.63, 3.8) is 0 Å². The molecular formula is C26H30I2N4. The molecule has 0 amide bonds. The zero-order valence-electron chi connectivity index (χ0n) is 18.2. The van der Waals surface area contributed by atoms with E-state index in [0.29, 0.717) is 0 Å². The highest BCUT2D eigenvalue weighted by atomic mass is 127. The molecule has 2 aromatic carbocycles. The number of aromatic amines is 2. The van der Waals surface area contributed by atoms with Crippen molar-refractivity contribution >= 4 is 33.2 Å². The van der Waals surface area contributed by atoms with Gasteiger partial charge in [-0.25, -0.2) is 9.97 Å². The molecule has 0 saturated carbocycles. The Kier molecular flexibility index (Phi) is 8.55. The fourth-order valence-corrected chi connectivity index (χ4v) is 4.99. The van der Waals surface area contributed by atoms with Gasteiger partial charge in [-0.1, -0.05) is 24.3 Å². The highest BCUT2D eigenvalue weighted by molar-refractivity contribution is 5.90. The van der Waals surface area contributed by atoms with E-state index in [1.165, 1.54) is 48.2 Å². The first-order valence-corrected chi connectivity index (χ1v) is 11.1. The standard InChI is InChI=1S/2C13H14N2.2HI/c2*14-13-9-5-1-3-7-11(9)15-12-8-4-2-6-10(12)13;;/h2*1,3,5,7H,2,4,6,8H2,(H2,14,15);2*1H. The summed E-state index contributed by atoms with van der Waals surface area (Å²) in [6.07, 6.45) is 9.63. The number of rotatable bonds is 0. The molecule has 4 nitrogen and oxygen atoms in total. The van der Waals surface area contributed by atoms with Crippen LogP contribution in [0.5, 0.6) is 0 Å². The van der Waals surface area contributed by atoms with E-state index in [2.05, 4.69) is 34.2 Å². The quantitative estimate of drug-likeness (QED) is 0.221. The lowest BCUT2D eigenvalue weighted by Gasteiger charge is -2.13. The minimum Gasteiger partial charge on any atom is -1.00 e. The van der Waals surface area contributed by atoms with Gasteiger partial charge in [-0.3, -0.25) is 0 Å². The summed E-state index contributed by atoms with van der Waals surface area (Å²) in [4.78, 5) is 7.02. The van der Waals surface area contributed by atoms with Crippen molar-refractivity contribution in [2.24, 2.45) is 0 Å². The Morgan fingerprint density at radius 1 is 0.531 bits per heavy atom. The van der Waals surface area contributed by atoms with Crippen LogP contribution in [0.1, 0.15) is 48.2 Å². The molecule has 6 rings (SSSR count). The predicted molar refractivity (Wildman–Crippen MR) is 123 cm³/mol. The van der Waals surface area contributed by atoms with Gasteiger partial charge in [0, 0.05) is 36.1 Å². The number of pyridine rings is 2. The van der Waals surface area contributed by atoms with Crippen LogP contribution in [0.4, 0.5) is 11.4 Å². The Balaban J connectivity index is 0.000000170. The highest BCUT2D eigenvalue weighted by Gasteiger charge is 2.21. The molecule has 2 aromatic heterocycles. The molecule has 168 valence electrons. The van der Waals surface area contributed by atoms with Gasteiger partial charge in [-0.2, -0.15) is 0 Å². The SMILES string of the molecule is Nc1c2c([nH+]c3ccccc13)CCCC2.Nc1c2c([nH+]c3ccccc13)CCCC2.[I-].[I-]. The maximum absolute atomic E-state index is 6.22. The van der Waals surface area contributed by atoms with Crippen molar-refractivity contribution in [2.45, 2.75) is 51.4 Å². The molecule has 2 aliphatic rings. The first-order chi connectivity index (χ1) is 14.7. The molecule has 2 heterocycles. The minimum absolute atomic E-state index is 0. The summed E-state index contributed by atoms with van der Waals surface area (Å²) in [6, 6.07) is 16.6. The summed E-state index contributed by atoms with van der Waals surface area (Å²) in [5, 5.41) is 2.33. The third kappa shape index (κ3) is 4.81. The van der Waals surface area contributed by atoms with Crippen LogP contribution in [0, 0.1) is 0 Å². The second-order valence-corrected chi connectivity index (χ2v) is 8.50. The molecule has 0 spiro atoms. The van der Waals surface area contributed by atoms with Crippen molar-refractivity contribution in [1.82, 2.24) is 0 Å². The number of fused-ring (bicyclic) bond motifs is 4. The molecule has 0 saturated heterocycles. The van der Waals surface area contributed by atoms with E-state index >= 15 is 0 Å². The second kappa shape index (κ2) is 11.0. The third-order valence-electron chi connectivity index (χ3n) is 6.59. The number of nitrogens with two attached hydrogens (primary N) is 2. The van der Waals surface area contributed by atoms with E-state index in [1.54, 1.807) is 0 Å². The molecule has 6 heteroatoms. The van der Waals surface area contributed by atoms with Crippen LogP contribution in [-0.2, 0) is 25.7 Å². The number of nitrogen functional groups attached to an aromatic ring is 2. The number of aryl methyl sites for hydroxylation is 2. The predicted octanol–water partition coefficient (Wildman–Crippen LogP) is -1.76. The number of H-pyrrole nitrogens is 2. The maximum Gasteiger partial charge on any atom is 0.213 e. The first-order valence-electron chi connectivity index (χ1n) is 11.1. The van der Waals surface area contributed by atoms with Crippen molar-refractivity contribution in [1.29, 1.82) is 0 Å². The number of halogens is 2. The summed E-state index contributed by atoms with van der Waals surface area (Å²) in [5.74, 6) is 0. The van der Waals surface area contributed by atoms with E-state index < -0.39 is 0 Å². The van der Waals surface area contributed by atoms with Crippen LogP contribution in [-0.4, -0.2) is 0 Å². The Morgan fingerprint density at radius 3 is 1.34 bits per heavy atom. The van der Waals surface area contributed by atoms with E-state index in [1.807, 2.05) is 24.3 Å². The van der Waals surface area contributed by atoms with Gasteiger partial charge in [0.15, 0.2) is 11.4 Å². The molecule has 0 aliphatic heterocycles. The van der Waals surface area contributed by atoms with Gasteiger partial charge in [-0.15, -0.1) is 0 Å². The highest BCUT2D eigenvalue weighted by Crippen LogP contribution is 2.29.